The third-order valence-electron chi connectivity index (χ3n) is 4.82. The monoisotopic (exact) mass is 369 g/mol. The van der Waals surface area contributed by atoms with E-state index >= 15 is 0 Å². The molecule has 2 atom stereocenters. The van der Waals surface area contributed by atoms with Gasteiger partial charge in [-0.05, 0) is 36.5 Å². The second-order valence-corrected chi connectivity index (χ2v) is 7.11. The number of nitrogens with one attached hydrogen (secondary N) is 1. The fraction of sp³-hybridized carbons (Fsp3) is 0.364. The lowest BCUT2D eigenvalue weighted by atomic mass is 9.82. The van der Waals surface area contributed by atoms with Gasteiger partial charge >= 0.3 is 5.97 Å². The molecule has 0 saturated heterocycles. The van der Waals surface area contributed by atoms with Gasteiger partial charge in [-0.2, -0.15) is 0 Å². The number of carboxylic acid groups (broad SMARTS) is 1. The molecule has 2 unspecified atom stereocenters. The van der Waals surface area contributed by atoms with Crippen molar-refractivity contribution in [3.05, 3.63) is 65.7 Å². The van der Waals surface area contributed by atoms with Crippen LogP contribution in [0.5, 0.6) is 5.75 Å². The van der Waals surface area contributed by atoms with E-state index in [1.807, 2.05) is 37.3 Å². The lowest BCUT2D eigenvalue weighted by molar-refractivity contribution is -0.143. The maximum Gasteiger partial charge on any atom is 0.315 e. The van der Waals surface area contributed by atoms with E-state index in [1.54, 1.807) is 38.3 Å². The first-order valence-corrected chi connectivity index (χ1v) is 9.04. The molecule has 5 nitrogen and oxygen atoms in total. The van der Waals surface area contributed by atoms with Gasteiger partial charge in [0.05, 0.1) is 7.11 Å². The summed E-state index contributed by atoms with van der Waals surface area (Å²) in [6.07, 6.45) is 1.04. The van der Waals surface area contributed by atoms with Crippen LogP contribution >= 0.6 is 0 Å². The highest BCUT2D eigenvalue weighted by molar-refractivity contribution is 5.83. The number of rotatable bonds is 9. The van der Waals surface area contributed by atoms with Gasteiger partial charge in [-0.3, -0.25) is 9.59 Å². The van der Waals surface area contributed by atoms with Crippen LogP contribution in [-0.4, -0.2) is 30.6 Å². The largest absolute Gasteiger partial charge is 0.496 e. The van der Waals surface area contributed by atoms with Crippen molar-refractivity contribution in [2.24, 2.45) is 5.92 Å². The van der Waals surface area contributed by atoms with E-state index in [4.69, 9.17) is 4.74 Å². The molecule has 2 N–H and O–H groups in total. The zero-order chi connectivity index (χ0) is 19.9. The van der Waals surface area contributed by atoms with Gasteiger partial charge in [0.2, 0.25) is 5.91 Å². The number of hydrogen-bond acceptors (Lipinski definition) is 3. The van der Waals surface area contributed by atoms with Crippen molar-refractivity contribution in [2.45, 2.75) is 32.1 Å². The second kappa shape index (κ2) is 9.21. The summed E-state index contributed by atoms with van der Waals surface area (Å²) >= 11 is 0. The Balaban J connectivity index is 1.95. The minimum Gasteiger partial charge on any atom is -0.496 e. The molecule has 1 amide bonds. The molecule has 0 spiro atoms. The lowest BCUT2D eigenvalue weighted by Crippen LogP contribution is -2.44. The van der Waals surface area contributed by atoms with Gasteiger partial charge in [-0.1, -0.05) is 55.5 Å². The van der Waals surface area contributed by atoms with Gasteiger partial charge in [-0.25, -0.2) is 0 Å². The molecule has 144 valence electrons. The molecule has 0 radical (unpaired) electrons. The number of ether oxygens (including phenoxy) is 1. The van der Waals surface area contributed by atoms with E-state index in [0.29, 0.717) is 18.4 Å². The Morgan fingerprint density at radius 1 is 1.11 bits per heavy atom. The zero-order valence-corrected chi connectivity index (χ0v) is 16.1. The van der Waals surface area contributed by atoms with E-state index in [9.17, 15) is 14.7 Å². The van der Waals surface area contributed by atoms with Crippen LogP contribution in [0.4, 0.5) is 0 Å². The molecule has 0 aromatic heterocycles. The minimum absolute atomic E-state index is 0.0482. The topological polar surface area (TPSA) is 75.6 Å². The Morgan fingerprint density at radius 3 is 2.37 bits per heavy atom. The zero-order valence-electron chi connectivity index (χ0n) is 16.1. The van der Waals surface area contributed by atoms with Crippen LogP contribution in [0.2, 0.25) is 0 Å². The molecule has 0 bridgehead atoms. The standard InChI is InChI=1S/C22H27NO4/c1-16(13-17-9-7-8-12-19(17)27-3)14-20(24)23-15-22(2,21(25)26)18-10-5-4-6-11-18/h4-12,16H,13-15H2,1-3H3,(H,23,24)(H,25,26). The number of amides is 1. The van der Waals surface area contributed by atoms with E-state index in [2.05, 4.69) is 5.32 Å². The first-order chi connectivity index (χ1) is 12.9. The summed E-state index contributed by atoms with van der Waals surface area (Å²) in [5, 5.41) is 12.5. The van der Waals surface area contributed by atoms with Crippen LogP contribution in [0.3, 0.4) is 0 Å². The SMILES string of the molecule is COc1ccccc1CC(C)CC(=O)NCC(C)(C(=O)O)c1ccccc1. The number of carbonyl (C=O) groups is 2. The fourth-order valence-corrected chi connectivity index (χ4v) is 3.09. The van der Waals surface area contributed by atoms with Crippen molar-refractivity contribution in [2.75, 3.05) is 13.7 Å². The molecule has 0 heterocycles. The average Bonchev–Trinajstić information content (AvgIpc) is 2.67. The Morgan fingerprint density at radius 2 is 1.74 bits per heavy atom. The maximum absolute atomic E-state index is 12.4. The molecule has 0 saturated carbocycles. The van der Waals surface area contributed by atoms with Gasteiger partial charge < -0.3 is 15.2 Å². The Bertz CT molecular complexity index is 775. The summed E-state index contributed by atoms with van der Waals surface area (Å²) in [6, 6.07) is 16.7. The molecule has 27 heavy (non-hydrogen) atoms. The molecule has 2 rings (SSSR count). The number of methoxy groups -OCH3 is 1. The van der Waals surface area contributed by atoms with Gasteiger partial charge in [0.15, 0.2) is 0 Å². The van der Waals surface area contributed by atoms with E-state index in [-0.39, 0.29) is 18.4 Å². The van der Waals surface area contributed by atoms with Crippen LogP contribution in [-0.2, 0) is 21.4 Å². The third kappa shape index (κ3) is 5.33. The van der Waals surface area contributed by atoms with E-state index < -0.39 is 11.4 Å². The molecule has 0 aliphatic rings. The highest BCUT2D eigenvalue weighted by Gasteiger charge is 2.35. The number of hydrogen-bond donors (Lipinski definition) is 2. The number of benzene rings is 2. The number of carbonyl (C=O) groups excluding carboxylic acids is 1. The molecule has 5 heteroatoms. The highest BCUT2D eigenvalue weighted by Crippen LogP contribution is 2.24. The smallest absolute Gasteiger partial charge is 0.315 e. The number of para-hydroxylation sites is 1. The fourth-order valence-electron chi connectivity index (χ4n) is 3.09. The first kappa shape index (κ1) is 20.5. The Hall–Kier alpha value is -2.82. The molecular weight excluding hydrogens is 342 g/mol. The predicted octanol–water partition coefficient (Wildman–Crippen LogP) is 3.42. The predicted molar refractivity (Wildman–Crippen MR) is 105 cm³/mol. The molecule has 0 aliphatic heterocycles. The molecule has 0 aliphatic carbocycles. The summed E-state index contributed by atoms with van der Waals surface area (Å²) in [5.74, 6) is -0.196. The quantitative estimate of drug-likeness (QED) is 0.710. The van der Waals surface area contributed by atoms with E-state index in [1.165, 1.54) is 0 Å². The molecular formula is C22H27NO4. The summed E-state index contributed by atoms with van der Waals surface area (Å²) in [4.78, 5) is 24.2. The molecule has 0 fully saturated rings. The normalized spacial score (nSPS) is 14.0. The summed E-state index contributed by atoms with van der Waals surface area (Å²) < 4.78 is 5.35. The van der Waals surface area contributed by atoms with Crippen molar-refractivity contribution >= 4 is 11.9 Å². The number of carboxylic acids is 1. The van der Waals surface area contributed by atoms with Gasteiger partial charge in [-0.15, -0.1) is 0 Å². The van der Waals surface area contributed by atoms with Crippen LogP contribution < -0.4 is 10.1 Å². The second-order valence-electron chi connectivity index (χ2n) is 7.11. The van der Waals surface area contributed by atoms with Crippen molar-refractivity contribution in [3.63, 3.8) is 0 Å². The van der Waals surface area contributed by atoms with Crippen LogP contribution in [0.25, 0.3) is 0 Å². The van der Waals surface area contributed by atoms with Crippen LogP contribution in [0.15, 0.2) is 54.6 Å². The van der Waals surface area contributed by atoms with Crippen molar-refractivity contribution in [1.82, 2.24) is 5.32 Å². The van der Waals surface area contributed by atoms with Crippen molar-refractivity contribution < 1.29 is 19.4 Å². The molecule has 2 aromatic rings. The third-order valence-corrected chi connectivity index (χ3v) is 4.82. The van der Waals surface area contributed by atoms with E-state index in [0.717, 1.165) is 11.3 Å². The van der Waals surface area contributed by atoms with Crippen LogP contribution in [0, 0.1) is 5.92 Å². The van der Waals surface area contributed by atoms with Crippen molar-refractivity contribution in [1.29, 1.82) is 0 Å². The Kier molecular flexibility index (Phi) is 6.99. The summed E-state index contributed by atoms with van der Waals surface area (Å²) in [5.41, 5.74) is 0.558. The lowest BCUT2D eigenvalue weighted by Gasteiger charge is -2.26. The maximum atomic E-state index is 12.4. The van der Waals surface area contributed by atoms with Crippen molar-refractivity contribution in [3.8, 4) is 5.75 Å². The van der Waals surface area contributed by atoms with Gasteiger partial charge in [0.25, 0.3) is 0 Å². The summed E-state index contributed by atoms with van der Waals surface area (Å²) in [7, 11) is 1.63. The first-order valence-electron chi connectivity index (χ1n) is 9.04. The minimum atomic E-state index is -1.16. The van der Waals surface area contributed by atoms with Gasteiger partial charge in [0.1, 0.15) is 11.2 Å². The highest BCUT2D eigenvalue weighted by atomic mass is 16.5. The Labute approximate surface area is 160 Å². The van der Waals surface area contributed by atoms with Crippen LogP contribution in [0.1, 0.15) is 31.4 Å². The average molecular weight is 369 g/mol. The molecule has 2 aromatic carbocycles. The van der Waals surface area contributed by atoms with Gasteiger partial charge in [0, 0.05) is 13.0 Å². The number of aliphatic carboxylic acids is 1. The summed E-state index contributed by atoms with van der Waals surface area (Å²) in [6.45, 7) is 3.68.